The molecule has 1 aromatic carbocycles. The molecule has 0 spiro atoms. The molecule has 3 atom stereocenters. The molecule has 3 unspecified atom stereocenters. The molecule has 0 amide bonds. The van der Waals surface area contributed by atoms with Crippen LogP contribution in [0.25, 0.3) is 0 Å². The van der Waals surface area contributed by atoms with Gasteiger partial charge in [0, 0.05) is 42.8 Å². The first-order valence-electron chi connectivity index (χ1n) is 7.60. The highest BCUT2D eigenvalue weighted by Crippen LogP contribution is 2.32. The number of likely N-dealkylation sites (N-methyl/N-ethyl adjacent to an activating group) is 1. The number of likely N-dealkylation sites (tertiary alicyclic amines) is 1. The van der Waals surface area contributed by atoms with E-state index in [1.54, 1.807) is 0 Å². The van der Waals surface area contributed by atoms with E-state index in [-0.39, 0.29) is 0 Å². The molecule has 1 aromatic rings. The van der Waals surface area contributed by atoms with Crippen molar-refractivity contribution < 1.29 is 0 Å². The van der Waals surface area contributed by atoms with E-state index in [2.05, 4.69) is 29.0 Å². The first-order chi connectivity index (χ1) is 9.69. The van der Waals surface area contributed by atoms with Crippen LogP contribution in [0.3, 0.4) is 0 Å². The van der Waals surface area contributed by atoms with E-state index in [4.69, 9.17) is 17.3 Å². The van der Waals surface area contributed by atoms with Crippen LogP contribution in [-0.4, -0.2) is 48.6 Å². The zero-order valence-electron chi connectivity index (χ0n) is 12.1. The topological polar surface area (TPSA) is 32.5 Å². The Labute approximate surface area is 126 Å². The van der Waals surface area contributed by atoms with Gasteiger partial charge in [-0.2, -0.15) is 0 Å². The van der Waals surface area contributed by atoms with Gasteiger partial charge in [-0.1, -0.05) is 23.7 Å². The molecule has 110 valence electrons. The SMILES string of the molecule is CN1C2CCC1CN(C(CN)c1ccc(Cl)cc1)CC2. The third kappa shape index (κ3) is 2.73. The molecule has 0 saturated carbocycles. The Hall–Kier alpha value is -0.610. The summed E-state index contributed by atoms with van der Waals surface area (Å²) in [4.78, 5) is 5.15. The lowest BCUT2D eigenvalue weighted by Gasteiger charge is -2.33. The number of nitrogens with zero attached hydrogens (tertiary/aromatic N) is 2. The zero-order chi connectivity index (χ0) is 14.1. The Balaban J connectivity index is 1.77. The highest BCUT2D eigenvalue weighted by Gasteiger charge is 2.36. The number of rotatable bonds is 3. The summed E-state index contributed by atoms with van der Waals surface area (Å²) in [6, 6.07) is 9.96. The van der Waals surface area contributed by atoms with Crippen LogP contribution in [0.4, 0.5) is 0 Å². The molecule has 20 heavy (non-hydrogen) atoms. The summed E-state index contributed by atoms with van der Waals surface area (Å²) in [5.41, 5.74) is 7.36. The molecule has 3 rings (SSSR count). The lowest BCUT2D eigenvalue weighted by molar-refractivity contribution is 0.175. The maximum absolute atomic E-state index is 6.07. The fraction of sp³-hybridized carbons (Fsp3) is 0.625. The summed E-state index contributed by atoms with van der Waals surface area (Å²) >= 11 is 5.99. The van der Waals surface area contributed by atoms with Crippen molar-refractivity contribution >= 4 is 11.6 Å². The summed E-state index contributed by atoms with van der Waals surface area (Å²) < 4.78 is 0. The van der Waals surface area contributed by atoms with Crippen LogP contribution in [0.2, 0.25) is 5.02 Å². The normalized spacial score (nSPS) is 29.4. The van der Waals surface area contributed by atoms with Crippen LogP contribution in [0.1, 0.15) is 30.9 Å². The largest absolute Gasteiger partial charge is 0.329 e. The van der Waals surface area contributed by atoms with Crippen molar-refractivity contribution in [2.45, 2.75) is 37.4 Å². The summed E-state index contributed by atoms with van der Waals surface area (Å²) in [7, 11) is 2.28. The van der Waals surface area contributed by atoms with Gasteiger partial charge in [-0.15, -0.1) is 0 Å². The van der Waals surface area contributed by atoms with Crippen molar-refractivity contribution in [3.05, 3.63) is 34.9 Å². The third-order valence-corrected chi connectivity index (χ3v) is 5.35. The smallest absolute Gasteiger partial charge is 0.0471 e. The van der Waals surface area contributed by atoms with E-state index in [1.165, 1.54) is 24.8 Å². The minimum atomic E-state index is 0.319. The van der Waals surface area contributed by atoms with E-state index in [1.807, 2.05) is 12.1 Å². The van der Waals surface area contributed by atoms with Crippen molar-refractivity contribution in [1.82, 2.24) is 9.80 Å². The van der Waals surface area contributed by atoms with Gasteiger partial charge in [0.25, 0.3) is 0 Å². The van der Waals surface area contributed by atoms with E-state index in [0.717, 1.165) is 24.2 Å². The van der Waals surface area contributed by atoms with E-state index < -0.39 is 0 Å². The van der Waals surface area contributed by atoms with E-state index >= 15 is 0 Å². The van der Waals surface area contributed by atoms with Gasteiger partial charge in [0.05, 0.1) is 0 Å². The summed E-state index contributed by atoms with van der Waals surface area (Å²) in [6.45, 7) is 2.95. The minimum Gasteiger partial charge on any atom is -0.329 e. The first kappa shape index (κ1) is 14.3. The second-order valence-electron chi connectivity index (χ2n) is 6.14. The maximum Gasteiger partial charge on any atom is 0.0471 e. The van der Waals surface area contributed by atoms with Crippen LogP contribution < -0.4 is 5.73 Å². The van der Waals surface area contributed by atoms with Crippen molar-refractivity contribution in [2.75, 3.05) is 26.7 Å². The maximum atomic E-state index is 6.07. The average Bonchev–Trinajstić information content (AvgIpc) is 2.69. The first-order valence-corrected chi connectivity index (χ1v) is 7.98. The Morgan fingerprint density at radius 1 is 1.20 bits per heavy atom. The number of hydrogen-bond donors (Lipinski definition) is 1. The van der Waals surface area contributed by atoms with Gasteiger partial charge in [-0.05, 0) is 44.0 Å². The summed E-state index contributed by atoms with van der Waals surface area (Å²) in [5.74, 6) is 0. The second kappa shape index (κ2) is 6.02. The number of nitrogens with two attached hydrogens (primary N) is 1. The van der Waals surface area contributed by atoms with Gasteiger partial charge in [0.1, 0.15) is 0 Å². The number of halogens is 1. The molecule has 2 N–H and O–H groups in total. The van der Waals surface area contributed by atoms with Gasteiger partial charge in [0.2, 0.25) is 0 Å². The lowest BCUT2D eigenvalue weighted by atomic mass is 10.0. The molecule has 2 bridgehead atoms. The van der Waals surface area contributed by atoms with Gasteiger partial charge < -0.3 is 5.73 Å². The van der Waals surface area contributed by atoms with Crippen LogP contribution >= 0.6 is 11.6 Å². The Kier molecular flexibility index (Phi) is 4.32. The molecule has 0 aliphatic carbocycles. The number of hydrogen-bond acceptors (Lipinski definition) is 3. The monoisotopic (exact) mass is 293 g/mol. The Bertz CT molecular complexity index is 448. The Morgan fingerprint density at radius 3 is 2.60 bits per heavy atom. The van der Waals surface area contributed by atoms with Crippen LogP contribution in [0, 0.1) is 0 Å². The molecule has 2 heterocycles. The van der Waals surface area contributed by atoms with Crippen molar-refractivity contribution in [1.29, 1.82) is 0 Å². The fourth-order valence-electron chi connectivity index (χ4n) is 3.80. The van der Waals surface area contributed by atoms with Crippen LogP contribution in [0.5, 0.6) is 0 Å². The highest BCUT2D eigenvalue weighted by molar-refractivity contribution is 6.30. The van der Waals surface area contributed by atoms with Gasteiger partial charge in [-0.25, -0.2) is 0 Å². The molecule has 2 aliphatic rings. The lowest BCUT2D eigenvalue weighted by Crippen LogP contribution is -2.40. The Morgan fingerprint density at radius 2 is 1.90 bits per heavy atom. The predicted molar refractivity (Wildman–Crippen MR) is 84.0 cm³/mol. The predicted octanol–water partition coefficient (Wildman–Crippen LogP) is 2.51. The van der Waals surface area contributed by atoms with Crippen molar-refractivity contribution in [3.8, 4) is 0 Å². The van der Waals surface area contributed by atoms with Gasteiger partial charge >= 0.3 is 0 Å². The molecule has 0 aromatic heterocycles. The summed E-state index contributed by atoms with van der Waals surface area (Å²) in [5, 5.41) is 0.791. The fourth-order valence-corrected chi connectivity index (χ4v) is 3.93. The highest BCUT2D eigenvalue weighted by atomic mass is 35.5. The molecule has 3 nitrogen and oxygen atoms in total. The minimum absolute atomic E-state index is 0.319. The molecule has 2 saturated heterocycles. The molecule has 2 aliphatic heterocycles. The zero-order valence-corrected chi connectivity index (χ0v) is 12.9. The molecular formula is C16H24ClN3. The molecule has 4 heteroatoms. The number of benzene rings is 1. The molecular weight excluding hydrogens is 270 g/mol. The van der Waals surface area contributed by atoms with Crippen molar-refractivity contribution in [2.24, 2.45) is 5.73 Å². The average molecular weight is 294 g/mol. The van der Waals surface area contributed by atoms with E-state index in [0.29, 0.717) is 18.6 Å². The van der Waals surface area contributed by atoms with Gasteiger partial charge in [0.15, 0.2) is 0 Å². The van der Waals surface area contributed by atoms with Crippen LogP contribution in [-0.2, 0) is 0 Å². The van der Waals surface area contributed by atoms with Gasteiger partial charge in [-0.3, -0.25) is 9.80 Å². The van der Waals surface area contributed by atoms with Crippen molar-refractivity contribution in [3.63, 3.8) is 0 Å². The molecule has 2 fully saturated rings. The van der Waals surface area contributed by atoms with Crippen LogP contribution in [0.15, 0.2) is 24.3 Å². The third-order valence-electron chi connectivity index (χ3n) is 5.10. The standard InChI is InChI=1S/C16H24ClN3/c1-19-14-6-7-15(19)11-20(9-8-14)16(10-18)12-2-4-13(17)5-3-12/h2-5,14-16H,6-11,18H2,1H3. The summed E-state index contributed by atoms with van der Waals surface area (Å²) in [6.07, 6.45) is 3.95. The van der Waals surface area contributed by atoms with E-state index in [9.17, 15) is 0 Å². The molecule has 0 radical (unpaired) electrons. The quantitative estimate of drug-likeness (QED) is 0.929. The number of fused-ring (bicyclic) bond motifs is 2. The second-order valence-corrected chi connectivity index (χ2v) is 6.57.